The Bertz CT molecular complexity index is 1090. The van der Waals surface area contributed by atoms with Gasteiger partial charge in [-0.15, -0.1) is 0 Å². The molecule has 2 aromatic heterocycles. The number of para-hydroxylation sites is 1. The molecule has 8 nitrogen and oxygen atoms in total. The van der Waals surface area contributed by atoms with E-state index in [2.05, 4.69) is 20.4 Å². The molecular weight excluding hydrogens is 401 g/mol. The summed E-state index contributed by atoms with van der Waals surface area (Å²) in [5, 5.41) is 8.49. The van der Waals surface area contributed by atoms with E-state index in [1.807, 2.05) is 13.8 Å². The van der Waals surface area contributed by atoms with Gasteiger partial charge in [-0.25, -0.2) is 9.50 Å². The molecule has 1 aromatic carbocycles. The first kappa shape index (κ1) is 21.2. The highest BCUT2D eigenvalue weighted by Gasteiger charge is 2.28. The highest BCUT2D eigenvalue weighted by Crippen LogP contribution is 2.19. The predicted octanol–water partition coefficient (Wildman–Crippen LogP) is 2.60. The van der Waals surface area contributed by atoms with Crippen LogP contribution in [0.3, 0.4) is 0 Å². The lowest BCUT2D eigenvalue weighted by Crippen LogP contribution is -2.34. The third-order valence-electron chi connectivity index (χ3n) is 4.49. The fourth-order valence-corrected chi connectivity index (χ4v) is 3.03. The molecule has 2 N–H and O–H groups in total. The third-order valence-corrected chi connectivity index (χ3v) is 4.49. The number of aryl methyl sites for hydroxylation is 2. The topological polar surface area (TPSA) is 101 Å². The molecule has 0 atom stereocenters. The smallest absolute Gasteiger partial charge is 0.343 e. The second-order valence-corrected chi connectivity index (χ2v) is 6.62. The highest BCUT2D eigenvalue weighted by molar-refractivity contribution is 6.03. The molecule has 0 aliphatic carbocycles. The van der Waals surface area contributed by atoms with Crippen molar-refractivity contribution in [3.63, 3.8) is 0 Å². The average Bonchev–Trinajstić information content (AvgIpc) is 3.14. The summed E-state index contributed by atoms with van der Waals surface area (Å²) >= 11 is 0. The number of carbonyl (C=O) groups excluding carboxylic acids is 2. The van der Waals surface area contributed by atoms with E-state index >= 15 is 0 Å². The van der Waals surface area contributed by atoms with E-state index in [-0.39, 0.29) is 23.6 Å². The molecule has 0 saturated carbocycles. The monoisotopic (exact) mass is 420 g/mol. The van der Waals surface area contributed by atoms with Gasteiger partial charge in [0.1, 0.15) is 12.9 Å². The Labute approximate surface area is 169 Å². The van der Waals surface area contributed by atoms with E-state index < -0.39 is 18.6 Å². The zero-order valence-corrected chi connectivity index (χ0v) is 16.2. The van der Waals surface area contributed by atoms with Crippen LogP contribution in [0.25, 0.3) is 5.78 Å². The Morgan fingerprint density at radius 1 is 1.17 bits per heavy atom. The SMILES string of the molecule is Cc1nc2ncnn2c(C)c1CCC(=O)Nc1ccccc1C(=O)NCC(F)(F)F. The van der Waals surface area contributed by atoms with Gasteiger partial charge in [0.2, 0.25) is 5.91 Å². The molecule has 0 fully saturated rings. The second-order valence-electron chi connectivity index (χ2n) is 6.62. The van der Waals surface area contributed by atoms with Crippen LogP contribution in [0.2, 0.25) is 0 Å². The molecule has 3 rings (SSSR count). The summed E-state index contributed by atoms with van der Waals surface area (Å²) < 4.78 is 38.6. The molecule has 158 valence electrons. The van der Waals surface area contributed by atoms with Gasteiger partial charge in [-0.1, -0.05) is 12.1 Å². The zero-order chi connectivity index (χ0) is 21.9. The van der Waals surface area contributed by atoms with Gasteiger partial charge >= 0.3 is 6.18 Å². The maximum Gasteiger partial charge on any atom is 0.405 e. The van der Waals surface area contributed by atoms with E-state index in [9.17, 15) is 22.8 Å². The lowest BCUT2D eigenvalue weighted by atomic mass is 10.1. The largest absolute Gasteiger partial charge is 0.405 e. The summed E-state index contributed by atoms with van der Waals surface area (Å²) in [6.07, 6.45) is -2.67. The number of fused-ring (bicyclic) bond motifs is 1. The van der Waals surface area contributed by atoms with Crippen molar-refractivity contribution in [2.45, 2.75) is 32.9 Å². The van der Waals surface area contributed by atoms with Gasteiger partial charge in [-0.3, -0.25) is 9.59 Å². The minimum absolute atomic E-state index is 0.0480. The molecule has 0 unspecified atom stereocenters. The van der Waals surface area contributed by atoms with Gasteiger partial charge < -0.3 is 10.6 Å². The standard InChI is InChI=1S/C19H19F3N6O2/c1-11-13(12(2)28-18(26-11)24-10-25-28)7-8-16(29)27-15-6-4-3-5-14(15)17(30)23-9-19(20,21)22/h3-6,10H,7-9H2,1-2H3,(H,23,30)(H,27,29). The first-order valence-electron chi connectivity index (χ1n) is 9.05. The Kier molecular flexibility index (Phi) is 5.99. The van der Waals surface area contributed by atoms with Crippen LogP contribution in [0.5, 0.6) is 0 Å². The lowest BCUT2D eigenvalue weighted by molar-refractivity contribution is -0.123. The van der Waals surface area contributed by atoms with Crippen LogP contribution in [-0.4, -0.2) is 44.1 Å². The van der Waals surface area contributed by atoms with Gasteiger partial charge in [-0.2, -0.15) is 23.3 Å². The Balaban J connectivity index is 1.68. The number of aromatic nitrogens is 4. The molecular formula is C19H19F3N6O2. The summed E-state index contributed by atoms with van der Waals surface area (Å²) in [5.74, 6) is -0.837. The predicted molar refractivity (Wildman–Crippen MR) is 102 cm³/mol. The zero-order valence-electron chi connectivity index (χ0n) is 16.2. The lowest BCUT2D eigenvalue weighted by Gasteiger charge is -2.13. The van der Waals surface area contributed by atoms with E-state index in [1.165, 1.54) is 24.5 Å². The first-order valence-corrected chi connectivity index (χ1v) is 9.05. The first-order chi connectivity index (χ1) is 14.2. The van der Waals surface area contributed by atoms with Crippen molar-refractivity contribution in [1.29, 1.82) is 0 Å². The van der Waals surface area contributed by atoms with Crippen LogP contribution in [0.4, 0.5) is 18.9 Å². The van der Waals surface area contributed by atoms with Crippen molar-refractivity contribution < 1.29 is 22.8 Å². The Morgan fingerprint density at radius 2 is 1.90 bits per heavy atom. The maximum absolute atomic E-state index is 12.4. The Morgan fingerprint density at radius 3 is 2.63 bits per heavy atom. The number of hydrogen-bond donors (Lipinski definition) is 2. The van der Waals surface area contributed by atoms with E-state index in [1.54, 1.807) is 15.9 Å². The summed E-state index contributed by atoms with van der Waals surface area (Å²) in [5.41, 5.74) is 2.48. The van der Waals surface area contributed by atoms with Crippen molar-refractivity contribution in [1.82, 2.24) is 24.9 Å². The van der Waals surface area contributed by atoms with Crippen LogP contribution in [0, 0.1) is 13.8 Å². The molecule has 0 radical (unpaired) electrons. The van der Waals surface area contributed by atoms with E-state index in [0.29, 0.717) is 12.2 Å². The summed E-state index contributed by atoms with van der Waals surface area (Å²) in [6, 6.07) is 5.88. The second kappa shape index (κ2) is 8.47. The molecule has 11 heteroatoms. The molecule has 2 heterocycles. The number of nitrogens with one attached hydrogen (secondary N) is 2. The third kappa shape index (κ3) is 4.91. The number of hydrogen-bond acceptors (Lipinski definition) is 5. The average molecular weight is 420 g/mol. The molecule has 0 bridgehead atoms. The van der Waals surface area contributed by atoms with Crippen molar-refractivity contribution in [3.05, 3.63) is 53.1 Å². The summed E-state index contributed by atoms with van der Waals surface area (Å²) in [4.78, 5) is 32.9. The van der Waals surface area contributed by atoms with Crippen LogP contribution in [0.15, 0.2) is 30.6 Å². The molecule has 30 heavy (non-hydrogen) atoms. The fraction of sp³-hybridized carbons (Fsp3) is 0.316. The minimum atomic E-state index is -4.52. The van der Waals surface area contributed by atoms with Gasteiger partial charge in [0.15, 0.2) is 0 Å². The van der Waals surface area contributed by atoms with Gasteiger partial charge in [0.25, 0.3) is 11.7 Å². The molecule has 0 saturated heterocycles. The molecule has 0 aliphatic rings. The van der Waals surface area contributed by atoms with Crippen LogP contribution >= 0.6 is 0 Å². The number of halogens is 3. The normalized spacial score (nSPS) is 11.5. The Hall–Kier alpha value is -3.50. The van der Waals surface area contributed by atoms with Gasteiger partial charge in [0.05, 0.1) is 11.3 Å². The number of alkyl halides is 3. The number of rotatable bonds is 6. The summed E-state index contributed by atoms with van der Waals surface area (Å²) in [7, 11) is 0. The quantitative estimate of drug-likeness (QED) is 0.638. The van der Waals surface area contributed by atoms with Crippen molar-refractivity contribution in [3.8, 4) is 0 Å². The molecule has 0 spiro atoms. The van der Waals surface area contributed by atoms with Gasteiger partial charge in [-0.05, 0) is 38.0 Å². The van der Waals surface area contributed by atoms with Gasteiger partial charge in [0, 0.05) is 17.8 Å². The minimum Gasteiger partial charge on any atom is -0.343 e. The number of benzene rings is 1. The van der Waals surface area contributed by atoms with Crippen LogP contribution in [-0.2, 0) is 11.2 Å². The van der Waals surface area contributed by atoms with Crippen molar-refractivity contribution in [2.75, 3.05) is 11.9 Å². The number of anilines is 1. The number of amides is 2. The summed E-state index contributed by atoms with van der Waals surface area (Å²) in [6.45, 7) is 2.21. The number of nitrogens with zero attached hydrogens (tertiary/aromatic N) is 4. The van der Waals surface area contributed by atoms with E-state index in [0.717, 1.165) is 17.0 Å². The van der Waals surface area contributed by atoms with Crippen LogP contribution < -0.4 is 10.6 Å². The fourth-order valence-electron chi connectivity index (χ4n) is 3.03. The molecule has 3 aromatic rings. The molecule has 0 aliphatic heterocycles. The maximum atomic E-state index is 12.4. The molecule has 2 amide bonds. The van der Waals surface area contributed by atoms with Crippen molar-refractivity contribution >= 4 is 23.3 Å². The van der Waals surface area contributed by atoms with E-state index in [4.69, 9.17) is 0 Å². The van der Waals surface area contributed by atoms with Crippen LogP contribution in [0.1, 0.15) is 33.7 Å². The number of carbonyl (C=O) groups is 2. The van der Waals surface area contributed by atoms with Crippen molar-refractivity contribution in [2.24, 2.45) is 0 Å². The highest BCUT2D eigenvalue weighted by atomic mass is 19.4.